The molecule has 3 aliphatic heterocycles. The number of aliphatic hydroxyl groups excluding tert-OH is 1. The van der Waals surface area contributed by atoms with Gasteiger partial charge in [-0.25, -0.2) is 0 Å². The molecule has 0 atom stereocenters. The average Bonchev–Trinajstić information content (AvgIpc) is 3.04. The molecule has 0 aromatic heterocycles. The summed E-state index contributed by atoms with van der Waals surface area (Å²) in [6.07, 6.45) is 3.48. The lowest BCUT2D eigenvalue weighted by Gasteiger charge is -2.49. The first-order valence-corrected chi connectivity index (χ1v) is 9.76. The average molecular weight is 470 g/mol. The Kier molecular flexibility index (Phi) is 7.17. The number of hydrogen-bond acceptors (Lipinski definition) is 5. The van der Waals surface area contributed by atoms with Crippen molar-refractivity contribution < 1.29 is 5.11 Å². The molecular weight excluding hydrogens is 439 g/mol. The van der Waals surface area contributed by atoms with Crippen molar-refractivity contribution in [1.29, 1.82) is 0 Å². The van der Waals surface area contributed by atoms with Gasteiger partial charge in [0.05, 0.1) is 6.54 Å². The zero-order chi connectivity index (χ0) is 17.1. The van der Waals surface area contributed by atoms with E-state index in [1.165, 1.54) is 37.5 Å². The molecule has 0 spiro atoms. The summed E-state index contributed by atoms with van der Waals surface area (Å²) < 4.78 is 0. The lowest BCUT2D eigenvalue weighted by molar-refractivity contribution is 0.0417. The van der Waals surface area contributed by atoms with Gasteiger partial charge in [0.2, 0.25) is 0 Å². The first-order valence-electron chi connectivity index (χ1n) is 9.76. The molecule has 2 saturated heterocycles. The van der Waals surface area contributed by atoms with Crippen LogP contribution in [0.25, 0.3) is 0 Å². The molecule has 1 N–H and O–H groups in total. The van der Waals surface area contributed by atoms with Gasteiger partial charge in [-0.1, -0.05) is 30.3 Å². The molecule has 26 heavy (non-hydrogen) atoms. The molecule has 5 nitrogen and oxygen atoms in total. The second kappa shape index (κ2) is 9.37. The van der Waals surface area contributed by atoms with Crippen molar-refractivity contribution in [2.24, 2.45) is 10.9 Å². The van der Waals surface area contributed by atoms with Crippen LogP contribution in [0.5, 0.6) is 0 Å². The molecule has 0 radical (unpaired) electrons. The minimum absolute atomic E-state index is 0. The SMILES string of the molecule is I.OCCC1CCN(C2CN(C3=NCCN3Cc3ccccc3)C2)CC1. The molecule has 0 amide bonds. The highest BCUT2D eigenvalue weighted by Crippen LogP contribution is 2.26. The molecule has 0 saturated carbocycles. The Morgan fingerprint density at radius 2 is 1.77 bits per heavy atom. The van der Waals surface area contributed by atoms with E-state index < -0.39 is 0 Å². The Labute approximate surface area is 174 Å². The number of likely N-dealkylation sites (tertiary alicyclic amines) is 2. The van der Waals surface area contributed by atoms with Gasteiger partial charge in [-0.3, -0.25) is 9.89 Å². The highest BCUT2D eigenvalue weighted by Gasteiger charge is 2.37. The molecular formula is C20H31IN4O. The van der Waals surface area contributed by atoms with Crippen LogP contribution in [0.4, 0.5) is 0 Å². The molecule has 0 bridgehead atoms. The van der Waals surface area contributed by atoms with E-state index in [2.05, 4.69) is 45.0 Å². The van der Waals surface area contributed by atoms with Crippen LogP contribution in [0.2, 0.25) is 0 Å². The minimum atomic E-state index is 0. The fraction of sp³-hybridized carbons (Fsp3) is 0.650. The van der Waals surface area contributed by atoms with Gasteiger partial charge in [-0.05, 0) is 43.8 Å². The Hall–Kier alpha value is -0.860. The fourth-order valence-electron chi connectivity index (χ4n) is 4.36. The maximum Gasteiger partial charge on any atom is 0.197 e. The number of nitrogens with zero attached hydrogens (tertiary/aromatic N) is 4. The van der Waals surface area contributed by atoms with Crippen LogP contribution in [0.15, 0.2) is 35.3 Å². The van der Waals surface area contributed by atoms with Gasteiger partial charge in [0.15, 0.2) is 5.96 Å². The summed E-state index contributed by atoms with van der Waals surface area (Å²) in [4.78, 5) is 12.3. The minimum Gasteiger partial charge on any atom is -0.396 e. The fourth-order valence-corrected chi connectivity index (χ4v) is 4.36. The van der Waals surface area contributed by atoms with Gasteiger partial charge in [-0.15, -0.1) is 24.0 Å². The van der Waals surface area contributed by atoms with E-state index >= 15 is 0 Å². The Bertz CT molecular complexity index is 583. The van der Waals surface area contributed by atoms with E-state index in [1.54, 1.807) is 0 Å². The molecule has 3 heterocycles. The Morgan fingerprint density at radius 1 is 1.04 bits per heavy atom. The third-order valence-electron chi connectivity index (χ3n) is 5.97. The Balaban J connectivity index is 0.00000196. The van der Waals surface area contributed by atoms with E-state index in [4.69, 9.17) is 10.1 Å². The van der Waals surface area contributed by atoms with Crippen LogP contribution >= 0.6 is 24.0 Å². The van der Waals surface area contributed by atoms with E-state index in [9.17, 15) is 0 Å². The summed E-state index contributed by atoms with van der Waals surface area (Å²) >= 11 is 0. The molecule has 0 unspecified atom stereocenters. The summed E-state index contributed by atoms with van der Waals surface area (Å²) in [6.45, 7) is 7.91. The molecule has 1 aromatic rings. The van der Waals surface area contributed by atoms with Gasteiger partial charge in [0.25, 0.3) is 0 Å². The maximum atomic E-state index is 9.10. The summed E-state index contributed by atoms with van der Waals surface area (Å²) in [5.41, 5.74) is 1.36. The van der Waals surface area contributed by atoms with E-state index in [1.807, 2.05) is 0 Å². The monoisotopic (exact) mass is 470 g/mol. The first-order chi connectivity index (χ1) is 12.3. The smallest absolute Gasteiger partial charge is 0.197 e. The normalized spacial score (nSPS) is 22.1. The van der Waals surface area contributed by atoms with Gasteiger partial charge in [0, 0.05) is 38.8 Å². The highest BCUT2D eigenvalue weighted by molar-refractivity contribution is 14.0. The number of rotatable bonds is 5. The molecule has 0 aliphatic carbocycles. The van der Waals surface area contributed by atoms with Crippen LogP contribution in [-0.4, -0.2) is 77.7 Å². The van der Waals surface area contributed by atoms with Crippen LogP contribution in [0, 0.1) is 5.92 Å². The number of benzene rings is 1. The summed E-state index contributed by atoms with van der Waals surface area (Å²) in [7, 11) is 0. The van der Waals surface area contributed by atoms with Crippen LogP contribution in [0.3, 0.4) is 0 Å². The zero-order valence-corrected chi connectivity index (χ0v) is 17.8. The molecule has 144 valence electrons. The van der Waals surface area contributed by atoms with Crippen molar-refractivity contribution in [2.75, 3.05) is 45.9 Å². The van der Waals surface area contributed by atoms with Gasteiger partial charge in [-0.2, -0.15) is 0 Å². The lowest BCUT2D eigenvalue weighted by Crippen LogP contribution is -2.64. The summed E-state index contributed by atoms with van der Waals surface area (Å²) in [5, 5.41) is 9.10. The van der Waals surface area contributed by atoms with E-state index in [0.29, 0.717) is 12.6 Å². The zero-order valence-electron chi connectivity index (χ0n) is 15.5. The third-order valence-corrected chi connectivity index (χ3v) is 5.97. The number of aliphatic hydroxyl groups is 1. The van der Waals surface area contributed by atoms with Crippen LogP contribution < -0.4 is 0 Å². The third kappa shape index (κ3) is 4.51. The summed E-state index contributed by atoms with van der Waals surface area (Å²) in [6, 6.07) is 11.4. The first kappa shape index (κ1) is 19.9. The van der Waals surface area contributed by atoms with Crippen molar-refractivity contribution >= 4 is 29.9 Å². The van der Waals surface area contributed by atoms with Gasteiger partial charge >= 0.3 is 0 Å². The highest BCUT2D eigenvalue weighted by atomic mass is 127. The molecule has 2 fully saturated rings. The molecule has 6 heteroatoms. The van der Waals surface area contributed by atoms with E-state index in [0.717, 1.165) is 45.1 Å². The van der Waals surface area contributed by atoms with Crippen molar-refractivity contribution in [3.63, 3.8) is 0 Å². The van der Waals surface area contributed by atoms with Crippen molar-refractivity contribution in [1.82, 2.24) is 14.7 Å². The topological polar surface area (TPSA) is 42.3 Å². The van der Waals surface area contributed by atoms with Crippen molar-refractivity contribution in [3.8, 4) is 0 Å². The number of guanidine groups is 1. The standard InChI is InChI=1S/C20H30N4O.HI/c25-13-8-17-6-10-22(11-7-17)19-15-24(16-19)20-21-9-12-23(20)14-18-4-2-1-3-5-18;/h1-5,17,19,25H,6-16H2;1H. The largest absolute Gasteiger partial charge is 0.396 e. The Morgan fingerprint density at radius 3 is 2.46 bits per heavy atom. The summed E-state index contributed by atoms with van der Waals surface area (Å²) in [5.74, 6) is 1.94. The molecule has 1 aromatic carbocycles. The number of halogens is 1. The second-order valence-electron chi connectivity index (χ2n) is 7.64. The predicted octanol–water partition coefficient (Wildman–Crippen LogP) is 2.25. The van der Waals surface area contributed by atoms with Gasteiger partial charge < -0.3 is 14.9 Å². The maximum absolute atomic E-state index is 9.10. The van der Waals surface area contributed by atoms with Gasteiger partial charge in [0.1, 0.15) is 0 Å². The second-order valence-corrected chi connectivity index (χ2v) is 7.64. The van der Waals surface area contributed by atoms with E-state index in [-0.39, 0.29) is 24.0 Å². The van der Waals surface area contributed by atoms with Crippen LogP contribution in [0.1, 0.15) is 24.8 Å². The number of piperidine rings is 1. The molecule has 3 aliphatic rings. The number of aliphatic imine (C=N–C) groups is 1. The van der Waals surface area contributed by atoms with Crippen molar-refractivity contribution in [3.05, 3.63) is 35.9 Å². The number of hydrogen-bond donors (Lipinski definition) is 1. The van der Waals surface area contributed by atoms with Crippen LogP contribution in [-0.2, 0) is 6.54 Å². The predicted molar refractivity (Wildman–Crippen MR) is 116 cm³/mol. The molecule has 4 rings (SSSR count). The quantitative estimate of drug-likeness (QED) is 0.671. The van der Waals surface area contributed by atoms with Crippen molar-refractivity contribution in [2.45, 2.75) is 31.8 Å². The lowest BCUT2D eigenvalue weighted by atomic mass is 9.92.